The van der Waals surface area contributed by atoms with Crippen molar-refractivity contribution in [1.82, 2.24) is 9.78 Å². The molecule has 0 atom stereocenters. The van der Waals surface area contributed by atoms with Crippen LogP contribution in [0, 0.1) is 0 Å². The van der Waals surface area contributed by atoms with Crippen molar-refractivity contribution in [2.24, 2.45) is 0 Å². The summed E-state index contributed by atoms with van der Waals surface area (Å²) in [5.41, 5.74) is 0.883. The maximum absolute atomic E-state index is 11.3. The molecule has 0 radical (unpaired) electrons. The number of unbranched alkanes of at least 4 members (excludes halogenated alkanes) is 1. The fourth-order valence-electron chi connectivity index (χ4n) is 1.03. The van der Waals surface area contributed by atoms with Crippen molar-refractivity contribution < 1.29 is 0 Å². The van der Waals surface area contributed by atoms with Crippen molar-refractivity contribution >= 4 is 15.9 Å². The van der Waals surface area contributed by atoms with Crippen LogP contribution in [0.25, 0.3) is 0 Å². The maximum atomic E-state index is 11.3. The second-order valence-electron chi connectivity index (χ2n) is 2.87. The fraction of sp³-hybridized carbons (Fsp3) is 0.556. The third-order valence-corrected chi connectivity index (χ3v) is 2.36. The number of nitrogens with zero attached hydrogens (tertiary/aromatic N) is 2. The summed E-state index contributed by atoms with van der Waals surface area (Å²) < 4.78 is 1.53. The fourth-order valence-corrected chi connectivity index (χ4v) is 1.33. The molecule has 1 rings (SSSR count). The van der Waals surface area contributed by atoms with Crippen LogP contribution < -0.4 is 5.56 Å². The first-order valence-electron chi connectivity index (χ1n) is 4.41. The minimum Gasteiger partial charge on any atom is -0.268 e. The van der Waals surface area contributed by atoms with E-state index in [1.54, 1.807) is 12.1 Å². The Labute approximate surface area is 85.9 Å². The van der Waals surface area contributed by atoms with Crippen molar-refractivity contribution in [1.29, 1.82) is 0 Å². The van der Waals surface area contributed by atoms with Crippen molar-refractivity contribution in [2.45, 2.75) is 31.6 Å². The van der Waals surface area contributed by atoms with Gasteiger partial charge in [-0.25, -0.2) is 4.68 Å². The van der Waals surface area contributed by atoms with Gasteiger partial charge in [-0.3, -0.25) is 4.79 Å². The van der Waals surface area contributed by atoms with E-state index in [-0.39, 0.29) is 5.56 Å². The van der Waals surface area contributed by atoms with Crippen LogP contribution in [-0.4, -0.2) is 9.78 Å². The molecule has 0 unspecified atom stereocenters. The van der Waals surface area contributed by atoms with E-state index in [4.69, 9.17) is 0 Å². The summed E-state index contributed by atoms with van der Waals surface area (Å²) in [4.78, 5) is 11.3. The lowest BCUT2D eigenvalue weighted by Crippen LogP contribution is -2.22. The normalized spacial score (nSPS) is 10.3. The van der Waals surface area contributed by atoms with Gasteiger partial charge in [0, 0.05) is 17.9 Å². The first-order chi connectivity index (χ1) is 6.27. The van der Waals surface area contributed by atoms with Gasteiger partial charge in [0.25, 0.3) is 5.56 Å². The number of alkyl halides is 1. The van der Waals surface area contributed by atoms with Crippen molar-refractivity contribution in [3.05, 3.63) is 28.2 Å². The summed E-state index contributed by atoms with van der Waals surface area (Å²) in [6.07, 6.45) is 2.07. The standard InChI is InChI=1S/C9H13BrN2O/c1-2-3-6-12-9(13)5-4-8(7-10)11-12/h4-5H,2-3,6-7H2,1H3. The molecular formula is C9H13BrN2O. The lowest BCUT2D eigenvalue weighted by Gasteiger charge is -2.03. The van der Waals surface area contributed by atoms with Gasteiger partial charge in [-0.05, 0) is 12.5 Å². The number of hydrogen-bond acceptors (Lipinski definition) is 2. The Morgan fingerprint density at radius 1 is 1.54 bits per heavy atom. The van der Waals surface area contributed by atoms with E-state index < -0.39 is 0 Å². The van der Waals surface area contributed by atoms with Crippen molar-refractivity contribution in [2.75, 3.05) is 0 Å². The third kappa shape index (κ3) is 2.95. The minimum atomic E-state index is -0.0156. The highest BCUT2D eigenvalue weighted by atomic mass is 79.9. The molecule has 4 heteroatoms. The highest BCUT2D eigenvalue weighted by Crippen LogP contribution is 1.98. The number of hydrogen-bond donors (Lipinski definition) is 0. The van der Waals surface area contributed by atoms with Gasteiger partial charge < -0.3 is 0 Å². The van der Waals surface area contributed by atoms with Gasteiger partial charge in [-0.15, -0.1) is 0 Å². The smallest absolute Gasteiger partial charge is 0.266 e. The molecule has 1 heterocycles. The molecule has 0 spiro atoms. The van der Waals surface area contributed by atoms with Crippen LogP contribution in [0.3, 0.4) is 0 Å². The lowest BCUT2D eigenvalue weighted by atomic mass is 10.3. The summed E-state index contributed by atoms with van der Waals surface area (Å²) >= 11 is 3.31. The highest BCUT2D eigenvalue weighted by Gasteiger charge is 1.98. The molecule has 0 fully saturated rings. The van der Waals surface area contributed by atoms with Crippen LogP contribution in [0.1, 0.15) is 25.5 Å². The molecule has 0 saturated heterocycles. The van der Waals surface area contributed by atoms with E-state index in [2.05, 4.69) is 28.0 Å². The molecule has 1 aromatic rings. The van der Waals surface area contributed by atoms with Crippen molar-refractivity contribution in [3.8, 4) is 0 Å². The van der Waals surface area contributed by atoms with E-state index in [9.17, 15) is 4.79 Å². The maximum Gasteiger partial charge on any atom is 0.266 e. The summed E-state index contributed by atoms with van der Waals surface area (Å²) in [6, 6.07) is 3.32. The van der Waals surface area contributed by atoms with Gasteiger partial charge in [0.1, 0.15) is 0 Å². The Morgan fingerprint density at radius 2 is 2.31 bits per heavy atom. The van der Waals surface area contributed by atoms with E-state index in [0.717, 1.165) is 25.1 Å². The zero-order valence-corrected chi connectivity index (χ0v) is 9.25. The van der Waals surface area contributed by atoms with Gasteiger partial charge in [-0.1, -0.05) is 29.3 Å². The topological polar surface area (TPSA) is 34.9 Å². The van der Waals surface area contributed by atoms with Crippen LogP contribution in [-0.2, 0) is 11.9 Å². The number of aryl methyl sites for hydroxylation is 1. The Kier molecular flexibility index (Phi) is 4.15. The number of rotatable bonds is 4. The van der Waals surface area contributed by atoms with Crippen LogP contribution in [0.4, 0.5) is 0 Å². The molecule has 72 valence electrons. The highest BCUT2D eigenvalue weighted by molar-refractivity contribution is 9.08. The predicted molar refractivity (Wildman–Crippen MR) is 56.0 cm³/mol. The molecule has 0 amide bonds. The first kappa shape index (κ1) is 10.4. The van der Waals surface area contributed by atoms with E-state index in [0.29, 0.717) is 5.33 Å². The quantitative estimate of drug-likeness (QED) is 0.760. The molecule has 0 N–H and O–H groups in total. The average molecular weight is 245 g/mol. The summed E-state index contributed by atoms with van der Waals surface area (Å²) in [5.74, 6) is 0. The van der Waals surface area contributed by atoms with Gasteiger partial charge in [-0.2, -0.15) is 5.10 Å². The van der Waals surface area contributed by atoms with Crippen LogP contribution in [0.2, 0.25) is 0 Å². The van der Waals surface area contributed by atoms with E-state index >= 15 is 0 Å². The number of aromatic nitrogens is 2. The lowest BCUT2D eigenvalue weighted by molar-refractivity contribution is 0.536. The largest absolute Gasteiger partial charge is 0.268 e. The van der Waals surface area contributed by atoms with Crippen LogP contribution in [0.5, 0.6) is 0 Å². The molecule has 0 aliphatic carbocycles. The molecule has 3 nitrogen and oxygen atoms in total. The molecule has 0 bridgehead atoms. The Bertz CT molecular complexity index is 322. The second-order valence-corrected chi connectivity index (χ2v) is 3.43. The van der Waals surface area contributed by atoms with E-state index in [1.165, 1.54) is 4.68 Å². The zero-order valence-electron chi connectivity index (χ0n) is 7.66. The summed E-state index contributed by atoms with van der Waals surface area (Å²) in [7, 11) is 0. The van der Waals surface area contributed by atoms with Crippen LogP contribution in [0.15, 0.2) is 16.9 Å². The van der Waals surface area contributed by atoms with Gasteiger partial charge in [0.05, 0.1) is 5.69 Å². The molecule has 0 saturated carbocycles. The summed E-state index contributed by atoms with van der Waals surface area (Å²) in [5, 5.41) is 4.88. The number of halogens is 1. The Hall–Kier alpha value is -0.640. The third-order valence-electron chi connectivity index (χ3n) is 1.78. The first-order valence-corrected chi connectivity index (χ1v) is 5.53. The molecule has 0 aromatic carbocycles. The zero-order chi connectivity index (χ0) is 9.68. The molecule has 1 aromatic heterocycles. The average Bonchev–Trinajstić information content (AvgIpc) is 2.17. The molecule has 13 heavy (non-hydrogen) atoms. The summed E-state index contributed by atoms with van der Waals surface area (Å²) in [6.45, 7) is 2.82. The second kappa shape index (κ2) is 5.17. The molecule has 0 aliphatic heterocycles. The SMILES string of the molecule is CCCCn1nc(CBr)ccc1=O. The molecule has 0 aliphatic rings. The molecular weight excluding hydrogens is 232 g/mol. The van der Waals surface area contributed by atoms with Gasteiger partial charge >= 0.3 is 0 Å². The van der Waals surface area contributed by atoms with Crippen molar-refractivity contribution in [3.63, 3.8) is 0 Å². The van der Waals surface area contributed by atoms with E-state index in [1.807, 2.05) is 0 Å². The minimum absolute atomic E-state index is 0.0156. The predicted octanol–water partition coefficient (Wildman–Crippen LogP) is 1.94. The Morgan fingerprint density at radius 3 is 2.92 bits per heavy atom. The van der Waals surface area contributed by atoms with Gasteiger partial charge in [0.2, 0.25) is 0 Å². The van der Waals surface area contributed by atoms with Crippen LogP contribution >= 0.6 is 15.9 Å². The monoisotopic (exact) mass is 244 g/mol. The van der Waals surface area contributed by atoms with Gasteiger partial charge in [0.15, 0.2) is 0 Å². The Balaban J connectivity index is 2.84.